The van der Waals surface area contributed by atoms with Gasteiger partial charge in [-0.3, -0.25) is 0 Å². The van der Waals surface area contributed by atoms with E-state index in [9.17, 15) is 18.0 Å². The zero-order valence-electron chi connectivity index (χ0n) is 17.3. The summed E-state index contributed by atoms with van der Waals surface area (Å²) in [5.41, 5.74) is 1.54. The fourth-order valence-corrected chi connectivity index (χ4v) is 3.79. The Bertz CT molecular complexity index is 971. The first-order valence-electron chi connectivity index (χ1n) is 10.4. The molecule has 0 aliphatic heterocycles. The molecule has 3 nitrogen and oxygen atoms in total. The highest BCUT2D eigenvalue weighted by Gasteiger charge is 2.33. The molecule has 2 N–H and O–H groups in total. The van der Waals surface area contributed by atoms with Crippen molar-refractivity contribution in [1.29, 1.82) is 0 Å². The molecule has 0 aliphatic carbocycles. The minimum atomic E-state index is -4.58. The summed E-state index contributed by atoms with van der Waals surface area (Å²) >= 11 is 5.60. The molecule has 0 atom stereocenters. The fourth-order valence-electron chi connectivity index (χ4n) is 3.57. The molecular formula is C25H24ClF3N2O. The van der Waals surface area contributed by atoms with E-state index < -0.39 is 22.8 Å². The van der Waals surface area contributed by atoms with Crippen molar-refractivity contribution < 1.29 is 18.0 Å². The van der Waals surface area contributed by atoms with E-state index in [1.165, 1.54) is 17.2 Å². The Morgan fingerprint density at radius 2 is 1.47 bits per heavy atom. The first-order chi connectivity index (χ1) is 15.3. The molecule has 0 fully saturated rings. The summed E-state index contributed by atoms with van der Waals surface area (Å²) < 4.78 is 38.9. The second-order valence-corrected chi connectivity index (χ2v) is 7.85. The third kappa shape index (κ3) is 6.76. The Hall–Kier alpha value is -2.99. The average Bonchev–Trinajstić information content (AvgIpc) is 2.78. The van der Waals surface area contributed by atoms with Crippen molar-refractivity contribution in [2.24, 2.45) is 0 Å². The van der Waals surface area contributed by atoms with Gasteiger partial charge in [0.1, 0.15) is 0 Å². The van der Waals surface area contributed by atoms with Crippen LogP contribution in [0.15, 0.2) is 78.9 Å². The summed E-state index contributed by atoms with van der Waals surface area (Å²) in [4.78, 5) is 12.1. The predicted molar refractivity (Wildman–Crippen MR) is 122 cm³/mol. The Morgan fingerprint density at radius 3 is 2.03 bits per heavy atom. The summed E-state index contributed by atoms with van der Waals surface area (Å²) in [6.07, 6.45) is -2.03. The van der Waals surface area contributed by atoms with Gasteiger partial charge in [0.05, 0.1) is 10.6 Å². The molecule has 0 radical (unpaired) electrons. The number of anilines is 1. The minimum Gasteiger partial charge on any atom is -0.338 e. The summed E-state index contributed by atoms with van der Waals surface area (Å²) in [7, 11) is 0. The van der Waals surface area contributed by atoms with E-state index >= 15 is 0 Å². The SMILES string of the molecule is O=C(NCCCCC(c1ccccc1)c1ccccc1)Nc1ccc(Cl)c(C(F)(F)F)c1. The minimum absolute atomic E-state index is 0.0347. The lowest BCUT2D eigenvalue weighted by molar-refractivity contribution is -0.137. The zero-order chi connectivity index (χ0) is 23.0. The van der Waals surface area contributed by atoms with Crippen LogP contribution in [-0.2, 0) is 6.18 Å². The Morgan fingerprint density at radius 1 is 0.875 bits per heavy atom. The van der Waals surface area contributed by atoms with Crippen LogP contribution in [-0.4, -0.2) is 12.6 Å². The van der Waals surface area contributed by atoms with Crippen LogP contribution in [0.1, 0.15) is 41.9 Å². The number of nitrogens with one attached hydrogen (secondary N) is 2. The molecule has 0 saturated heterocycles. The maximum Gasteiger partial charge on any atom is 0.417 e. The zero-order valence-corrected chi connectivity index (χ0v) is 18.1. The maximum atomic E-state index is 13.0. The smallest absolute Gasteiger partial charge is 0.338 e. The number of carbonyl (C=O) groups is 1. The lowest BCUT2D eigenvalue weighted by atomic mass is 9.87. The van der Waals surface area contributed by atoms with Gasteiger partial charge < -0.3 is 10.6 Å². The number of carbonyl (C=O) groups excluding carboxylic acids is 1. The molecule has 0 spiro atoms. The van der Waals surface area contributed by atoms with Gasteiger partial charge in [0, 0.05) is 18.2 Å². The van der Waals surface area contributed by atoms with Gasteiger partial charge in [-0.2, -0.15) is 13.2 Å². The van der Waals surface area contributed by atoms with E-state index in [0.717, 1.165) is 31.4 Å². The van der Waals surface area contributed by atoms with Crippen LogP contribution >= 0.6 is 11.6 Å². The van der Waals surface area contributed by atoms with E-state index in [4.69, 9.17) is 11.6 Å². The molecule has 3 aromatic rings. The molecule has 3 aromatic carbocycles. The third-order valence-corrected chi connectivity index (χ3v) is 5.47. The highest BCUT2D eigenvalue weighted by molar-refractivity contribution is 6.31. The van der Waals surface area contributed by atoms with Gasteiger partial charge in [-0.1, -0.05) is 78.7 Å². The van der Waals surface area contributed by atoms with Crippen molar-refractivity contribution >= 4 is 23.3 Å². The molecule has 0 aliphatic rings. The largest absolute Gasteiger partial charge is 0.417 e. The van der Waals surface area contributed by atoms with Crippen LogP contribution in [0.3, 0.4) is 0 Å². The van der Waals surface area contributed by atoms with Gasteiger partial charge in [-0.15, -0.1) is 0 Å². The number of urea groups is 1. The third-order valence-electron chi connectivity index (χ3n) is 5.14. The van der Waals surface area contributed by atoms with Gasteiger partial charge in [-0.05, 0) is 42.2 Å². The second kappa shape index (κ2) is 11.0. The van der Waals surface area contributed by atoms with E-state index in [1.807, 2.05) is 36.4 Å². The number of rotatable bonds is 8. The molecule has 32 heavy (non-hydrogen) atoms. The van der Waals surface area contributed by atoms with Crippen LogP contribution in [0.4, 0.5) is 23.7 Å². The highest BCUT2D eigenvalue weighted by atomic mass is 35.5. The van der Waals surface area contributed by atoms with Crippen LogP contribution in [0.5, 0.6) is 0 Å². The van der Waals surface area contributed by atoms with Crippen molar-refractivity contribution in [1.82, 2.24) is 5.32 Å². The van der Waals surface area contributed by atoms with Crippen LogP contribution in [0.25, 0.3) is 0 Å². The van der Waals surface area contributed by atoms with Crippen LogP contribution in [0.2, 0.25) is 5.02 Å². The summed E-state index contributed by atoms with van der Waals surface area (Å²) in [5.74, 6) is 0.265. The number of hydrogen-bond acceptors (Lipinski definition) is 1. The van der Waals surface area contributed by atoms with Crippen molar-refractivity contribution in [2.75, 3.05) is 11.9 Å². The molecular weight excluding hydrogens is 437 g/mol. The molecule has 0 unspecified atom stereocenters. The van der Waals surface area contributed by atoms with Crippen molar-refractivity contribution in [3.8, 4) is 0 Å². The van der Waals surface area contributed by atoms with Crippen molar-refractivity contribution in [3.05, 3.63) is 101 Å². The Labute approximate surface area is 190 Å². The molecule has 0 heterocycles. The number of unbranched alkanes of at least 4 members (excludes halogenated alkanes) is 1. The number of hydrogen-bond donors (Lipinski definition) is 2. The van der Waals surface area contributed by atoms with E-state index in [0.29, 0.717) is 6.54 Å². The van der Waals surface area contributed by atoms with Crippen molar-refractivity contribution in [2.45, 2.75) is 31.4 Å². The number of halogens is 4. The molecule has 0 saturated carbocycles. The number of amides is 2. The molecule has 7 heteroatoms. The molecule has 168 valence electrons. The predicted octanol–water partition coefficient (Wildman–Crippen LogP) is 7.48. The Kier molecular flexibility index (Phi) is 8.17. The summed E-state index contributed by atoms with van der Waals surface area (Å²) in [6, 6.07) is 23.3. The summed E-state index contributed by atoms with van der Waals surface area (Å²) in [5, 5.41) is 4.71. The fraction of sp³-hybridized carbons (Fsp3) is 0.240. The van der Waals surface area contributed by atoms with Gasteiger partial charge in [0.25, 0.3) is 0 Å². The average molecular weight is 461 g/mol. The quantitative estimate of drug-likeness (QED) is 0.336. The summed E-state index contributed by atoms with van der Waals surface area (Å²) in [6.45, 7) is 0.419. The number of benzene rings is 3. The topological polar surface area (TPSA) is 41.1 Å². The second-order valence-electron chi connectivity index (χ2n) is 7.44. The van der Waals surface area contributed by atoms with Gasteiger partial charge in [0.15, 0.2) is 0 Å². The first kappa shape index (κ1) is 23.7. The number of alkyl halides is 3. The standard InChI is InChI=1S/C25H24ClF3N2O/c26-23-15-14-20(17-22(23)25(27,28)29)31-24(32)30-16-8-7-13-21(18-9-3-1-4-10-18)19-11-5-2-6-12-19/h1-6,9-12,14-15,17,21H,7-8,13,16H2,(H2,30,31,32). The monoisotopic (exact) mass is 460 g/mol. The van der Waals surface area contributed by atoms with Crippen LogP contribution < -0.4 is 10.6 Å². The normalized spacial score (nSPS) is 11.4. The van der Waals surface area contributed by atoms with E-state index in [2.05, 4.69) is 34.9 Å². The van der Waals surface area contributed by atoms with E-state index in [1.54, 1.807) is 0 Å². The molecule has 3 rings (SSSR count). The first-order valence-corrected chi connectivity index (χ1v) is 10.7. The van der Waals surface area contributed by atoms with Crippen LogP contribution in [0, 0.1) is 0 Å². The lowest BCUT2D eigenvalue weighted by Crippen LogP contribution is -2.29. The van der Waals surface area contributed by atoms with Crippen molar-refractivity contribution in [3.63, 3.8) is 0 Å². The van der Waals surface area contributed by atoms with E-state index in [-0.39, 0.29) is 11.6 Å². The molecule has 2 amide bonds. The van der Waals surface area contributed by atoms with Gasteiger partial charge in [-0.25, -0.2) is 4.79 Å². The van der Waals surface area contributed by atoms with Gasteiger partial charge in [0.2, 0.25) is 0 Å². The Balaban J connectivity index is 1.49. The maximum absolute atomic E-state index is 13.0. The molecule has 0 bridgehead atoms. The lowest BCUT2D eigenvalue weighted by Gasteiger charge is -2.18. The molecule has 0 aromatic heterocycles. The highest BCUT2D eigenvalue weighted by Crippen LogP contribution is 2.36. The van der Waals surface area contributed by atoms with Gasteiger partial charge >= 0.3 is 12.2 Å².